The maximum Gasteiger partial charge on any atom is 0.288 e. The number of unbranched alkanes of at least 4 members (excludes halogenated alkanes) is 1. The molecule has 5 nitrogen and oxygen atoms in total. The van der Waals surface area contributed by atoms with Gasteiger partial charge in [-0.1, -0.05) is 25.0 Å². The Hall–Kier alpha value is -3.08. The van der Waals surface area contributed by atoms with Crippen LogP contribution in [0.15, 0.2) is 47.6 Å². The Bertz CT molecular complexity index is 956. The number of nitrogens with zero attached hydrogens (tertiary/aromatic N) is 1. The van der Waals surface area contributed by atoms with Crippen LogP contribution in [0.2, 0.25) is 0 Å². The van der Waals surface area contributed by atoms with E-state index in [1.54, 1.807) is 6.21 Å². The van der Waals surface area contributed by atoms with Crippen LogP contribution in [-0.4, -0.2) is 23.7 Å². The number of benzene rings is 2. The van der Waals surface area contributed by atoms with Crippen LogP contribution in [0.5, 0.6) is 5.75 Å². The molecule has 3 aromatic rings. The summed E-state index contributed by atoms with van der Waals surface area (Å²) >= 11 is 0. The molecule has 0 unspecified atom stereocenters. The molecule has 140 valence electrons. The first-order valence-electron chi connectivity index (χ1n) is 9.23. The van der Waals surface area contributed by atoms with Crippen molar-refractivity contribution in [3.05, 3.63) is 64.8 Å². The predicted octanol–water partition coefficient (Wildman–Crippen LogP) is 4.73. The molecule has 0 spiro atoms. The van der Waals surface area contributed by atoms with Crippen molar-refractivity contribution in [1.29, 1.82) is 0 Å². The summed E-state index contributed by atoms with van der Waals surface area (Å²) in [5.41, 5.74) is 7.05. The number of carbonyl (C=O) groups excluding carboxylic acids is 1. The lowest BCUT2D eigenvalue weighted by Gasteiger charge is -2.04. The van der Waals surface area contributed by atoms with Gasteiger partial charge in [-0.25, -0.2) is 5.43 Å². The van der Waals surface area contributed by atoms with Gasteiger partial charge in [-0.3, -0.25) is 4.79 Å². The third kappa shape index (κ3) is 4.56. The van der Waals surface area contributed by atoms with Crippen LogP contribution in [0, 0.1) is 13.8 Å². The quantitative estimate of drug-likeness (QED) is 0.362. The van der Waals surface area contributed by atoms with Gasteiger partial charge in [-0.15, -0.1) is 0 Å². The van der Waals surface area contributed by atoms with E-state index in [1.165, 1.54) is 0 Å². The highest BCUT2D eigenvalue weighted by Gasteiger charge is 2.14. The summed E-state index contributed by atoms with van der Waals surface area (Å²) in [6.45, 7) is 6.84. The van der Waals surface area contributed by atoms with Crippen LogP contribution in [0.1, 0.15) is 46.9 Å². The van der Waals surface area contributed by atoms with E-state index in [0.717, 1.165) is 52.8 Å². The zero-order chi connectivity index (χ0) is 19.2. The second-order valence-electron chi connectivity index (χ2n) is 6.64. The van der Waals surface area contributed by atoms with Crippen LogP contribution in [0.4, 0.5) is 0 Å². The molecule has 5 heteroatoms. The average molecular weight is 363 g/mol. The molecule has 0 atom stereocenters. The van der Waals surface area contributed by atoms with E-state index in [2.05, 4.69) is 28.5 Å². The number of nitrogens with one attached hydrogen (secondary N) is 2. The van der Waals surface area contributed by atoms with Crippen molar-refractivity contribution in [3.63, 3.8) is 0 Å². The second-order valence-corrected chi connectivity index (χ2v) is 6.64. The van der Waals surface area contributed by atoms with Gasteiger partial charge in [0.15, 0.2) is 0 Å². The van der Waals surface area contributed by atoms with Gasteiger partial charge in [0, 0.05) is 10.9 Å². The van der Waals surface area contributed by atoms with Gasteiger partial charge >= 0.3 is 0 Å². The molecule has 0 saturated heterocycles. The standard InChI is InChI=1S/C22H25N3O2/c1-4-5-12-27-18-9-7-17(8-10-18)14-23-25-22(26)21-16(3)19-13-15(2)6-11-20(19)24-21/h6-11,13-14,24H,4-5,12H2,1-3H3,(H,25,26)/b23-14+. The Kier molecular flexibility index (Phi) is 5.91. The maximum absolute atomic E-state index is 12.4. The molecule has 0 bridgehead atoms. The summed E-state index contributed by atoms with van der Waals surface area (Å²) in [4.78, 5) is 15.6. The lowest BCUT2D eigenvalue weighted by Crippen LogP contribution is -2.18. The summed E-state index contributed by atoms with van der Waals surface area (Å²) < 4.78 is 5.63. The Morgan fingerprint density at radius 3 is 2.70 bits per heavy atom. The summed E-state index contributed by atoms with van der Waals surface area (Å²) in [6.07, 6.45) is 3.78. The number of H-pyrrole nitrogens is 1. The zero-order valence-electron chi connectivity index (χ0n) is 16.0. The minimum atomic E-state index is -0.253. The number of aromatic nitrogens is 1. The van der Waals surface area contributed by atoms with E-state index in [1.807, 2.05) is 50.2 Å². The normalized spacial score (nSPS) is 11.2. The van der Waals surface area contributed by atoms with Gasteiger partial charge in [-0.2, -0.15) is 5.10 Å². The number of rotatable bonds is 7. The van der Waals surface area contributed by atoms with Crippen molar-refractivity contribution in [2.75, 3.05) is 6.61 Å². The van der Waals surface area contributed by atoms with Crippen molar-refractivity contribution in [2.24, 2.45) is 5.10 Å². The number of hydrazone groups is 1. The molecule has 0 saturated carbocycles. The minimum absolute atomic E-state index is 0.253. The fraction of sp³-hybridized carbons (Fsp3) is 0.273. The van der Waals surface area contributed by atoms with Crippen molar-refractivity contribution < 1.29 is 9.53 Å². The predicted molar refractivity (Wildman–Crippen MR) is 110 cm³/mol. The number of ether oxygens (including phenoxy) is 1. The van der Waals surface area contributed by atoms with Gasteiger partial charge in [0.1, 0.15) is 11.4 Å². The average Bonchev–Trinajstić information content (AvgIpc) is 2.99. The molecular weight excluding hydrogens is 338 g/mol. The van der Waals surface area contributed by atoms with Gasteiger partial charge in [-0.05, 0) is 67.8 Å². The van der Waals surface area contributed by atoms with Crippen molar-refractivity contribution in [2.45, 2.75) is 33.6 Å². The number of hydrogen-bond donors (Lipinski definition) is 2. The van der Waals surface area contributed by atoms with E-state index < -0.39 is 0 Å². The van der Waals surface area contributed by atoms with E-state index in [0.29, 0.717) is 5.69 Å². The zero-order valence-corrected chi connectivity index (χ0v) is 16.0. The number of carbonyl (C=O) groups is 1. The van der Waals surface area contributed by atoms with E-state index in [4.69, 9.17) is 4.74 Å². The Morgan fingerprint density at radius 1 is 1.19 bits per heavy atom. The highest BCUT2D eigenvalue weighted by molar-refractivity contribution is 6.01. The largest absolute Gasteiger partial charge is 0.494 e. The Morgan fingerprint density at radius 2 is 1.96 bits per heavy atom. The molecule has 0 radical (unpaired) electrons. The van der Waals surface area contributed by atoms with Crippen LogP contribution < -0.4 is 10.2 Å². The summed E-state index contributed by atoms with van der Waals surface area (Å²) in [7, 11) is 0. The van der Waals surface area contributed by atoms with E-state index in [9.17, 15) is 4.79 Å². The summed E-state index contributed by atoms with van der Waals surface area (Å²) in [5, 5.41) is 5.12. The molecule has 2 N–H and O–H groups in total. The summed E-state index contributed by atoms with van der Waals surface area (Å²) in [6, 6.07) is 13.7. The number of aryl methyl sites for hydroxylation is 2. The number of aromatic amines is 1. The van der Waals surface area contributed by atoms with Crippen molar-refractivity contribution in [3.8, 4) is 5.75 Å². The topological polar surface area (TPSA) is 66.5 Å². The van der Waals surface area contributed by atoms with Crippen molar-refractivity contribution >= 4 is 23.0 Å². The molecule has 1 amide bonds. The number of hydrogen-bond acceptors (Lipinski definition) is 3. The molecular formula is C22H25N3O2. The summed E-state index contributed by atoms with van der Waals surface area (Å²) in [5.74, 6) is 0.589. The van der Waals surface area contributed by atoms with Gasteiger partial charge in [0.2, 0.25) is 0 Å². The van der Waals surface area contributed by atoms with Gasteiger partial charge < -0.3 is 9.72 Å². The Balaban J connectivity index is 1.62. The molecule has 0 aliphatic heterocycles. The highest BCUT2D eigenvalue weighted by Crippen LogP contribution is 2.22. The molecule has 0 aliphatic rings. The second kappa shape index (κ2) is 8.54. The highest BCUT2D eigenvalue weighted by atomic mass is 16.5. The first-order valence-corrected chi connectivity index (χ1v) is 9.23. The van der Waals surface area contributed by atoms with Gasteiger partial charge in [0.25, 0.3) is 5.91 Å². The monoisotopic (exact) mass is 363 g/mol. The third-order valence-corrected chi connectivity index (χ3v) is 4.47. The third-order valence-electron chi connectivity index (χ3n) is 4.47. The molecule has 3 rings (SSSR count). The van der Waals surface area contributed by atoms with Crippen LogP contribution in [0.25, 0.3) is 10.9 Å². The maximum atomic E-state index is 12.4. The smallest absolute Gasteiger partial charge is 0.288 e. The van der Waals surface area contributed by atoms with Gasteiger partial charge in [0.05, 0.1) is 12.8 Å². The molecule has 1 heterocycles. The van der Waals surface area contributed by atoms with Crippen LogP contribution in [-0.2, 0) is 0 Å². The minimum Gasteiger partial charge on any atom is -0.494 e. The first kappa shape index (κ1) is 18.7. The molecule has 0 aliphatic carbocycles. The van der Waals surface area contributed by atoms with Crippen LogP contribution >= 0.6 is 0 Å². The fourth-order valence-corrected chi connectivity index (χ4v) is 2.87. The van der Waals surface area contributed by atoms with Crippen LogP contribution in [0.3, 0.4) is 0 Å². The molecule has 0 fully saturated rings. The molecule has 27 heavy (non-hydrogen) atoms. The SMILES string of the molecule is CCCCOc1ccc(/C=N/NC(=O)c2[nH]c3ccc(C)cc3c2C)cc1. The molecule has 2 aromatic carbocycles. The first-order chi connectivity index (χ1) is 13.1. The number of fused-ring (bicyclic) bond motifs is 1. The Labute approximate surface area is 159 Å². The van der Waals surface area contributed by atoms with E-state index >= 15 is 0 Å². The lowest BCUT2D eigenvalue weighted by molar-refractivity contribution is 0.0950. The fourth-order valence-electron chi connectivity index (χ4n) is 2.87. The molecule has 1 aromatic heterocycles. The van der Waals surface area contributed by atoms with E-state index in [-0.39, 0.29) is 5.91 Å². The van der Waals surface area contributed by atoms with Crippen molar-refractivity contribution in [1.82, 2.24) is 10.4 Å². The number of amides is 1. The lowest BCUT2D eigenvalue weighted by atomic mass is 10.1.